The van der Waals surface area contributed by atoms with Crippen LogP contribution in [0, 0.1) is 11.3 Å². The number of anilines is 4. The first kappa shape index (κ1) is 19.4. The maximum Gasteiger partial charge on any atom is 0.275 e. The Hall–Kier alpha value is -3.92. The molecular formula is C23H22N6O. The van der Waals surface area contributed by atoms with Crippen molar-refractivity contribution in [3.05, 3.63) is 72.2 Å². The minimum atomic E-state index is -0.380. The zero-order chi connectivity index (χ0) is 20.8. The second kappa shape index (κ2) is 9.05. The van der Waals surface area contributed by atoms with Crippen molar-refractivity contribution in [1.29, 1.82) is 5.26 Å². The van der Waals surface area contributed by atoms with E-state index in [1.165, 1.54) is 37.3 Å². The van der Waals surface area contributed by atoms with Gasteiger partial charge in [-0.25, -0.2) is 9.97 Å². The van der Waals surface area contributed by atoms with Gasteiger partial charge in [0, 0.05) is 30.2 Å². The molecule has 4 rings (SSSR count). The molecule has 1 amide bonds. The Morgan fingerprint density at radius 1 is 0.967 bits per heavy atom. The fraction of sp³-hybridized carbons (Fsp3) is 0.217. The van der Waals surface area contributed by atoms with E-state index in [-0.39, 0.29) is 11.6 Å². The van der Waals surface area contributed by atoms with Gasteiger partial charge in [0.25, 0.3) is 5.91 Å². The highest BCUT2D eigenvalue weighted by Crippen LogP contribution is 2.23. The van der Waals surface area contributed by atoms with Crippen molar-refractivity contribution < 1.29 is 4.79 Å². The summed E-state index contributed by atoms with van der Waals surface area (Å²) < 4.78 is 0. The Morgan fingerprint density at radius 2 is 1.77 bits per heavy atom. The van der Waals surface area contributed by atoms with Crippen LogP contribution in [0.2, 0.25) is 0 Å². The van der Waals surface area contributed by atoms with Crippen LogP contribution in [0.4, 0.5) is 22.9 Å². The first-order valence-electron chi connectivity index (χ1n) is 9.97. The molecule has 0 radical (unpaired) electrons. The molecule has 7 heteroatoms. The molecular weight excluding hydrogens is 376 g/mol. The fourth-order valence-corrected chi connectivity index (χ4v) is 3.43. The van der Waals surface area contributed by atoms with Crippen molar-refractivity contribution in [2.24, 2.45) is 0 Å². The summed E-state index contributed by atoms with van der Waals surface area (Å²) in [6.45, 7) is 2.23. The number of nitrogens with zero attached hydrogens (tertiary/aromatic N) is 4. The molecule has 1 aliphatic heterocycles. The topological polar surface area (TPSA) is 93.9 Å². The molecule has 3 aromatic rings. The highest BCUT2D eigenvalue weighted by molar-refractivity contribution is 6.02. The van der Waals surface area contributed by atoms with E-state index in [2.05, 4.69) is 37.6 Å². The Morgan fingerprint density at radius 3 is 2.47 bits per heavy atom. The number of hydrogen-bond acceptors (Lipinski definition) is 6. The number of benzene rings is 2. The lowest BCUT2D eigenvalue weighted by Gasteiger charge is -2.28. The summed E-state index contributed by atoms with van der Waals surface area (Å²) in [4.78, 5) is 23.2. The van der Waals surface area contributed by atoms with Gasteiger partial charge in [-0.15, -0.1) is 0 Å². The number of carbonyl (C=O) groups excluding carboxylic acids is 1. The minimum Gasteiger partial charge on any atom is -0.372 e. The van der Waals surface area contributed by atoms with Crippen molar-refractivity contribution in [1.82, 2.24) is 9.97 Å². The molecule has 1 aliphatic rings. The summed E-state index contributed by atoms with van der Waals surface area (Å²) in [6.07, 6.45) is 6.76. The molecule has 7 nitrogen and oxygen atoms in total. The van der Waals surface area contributed by atoms with Crippen molar-refractivity contribution >= 4 is 28.8 Å². The smallest absolute Gasteiger partial charge is 0.275 e. The highest BCUT2D eigenvalue weighted by atomic mass is 16.1. The van der Waals surface area contributed by atoms with Crippen molar-refractivity contribution in [3.63, 3.8) is 0 Å². The van der Waals surface area contributed by atoms with Gasteiger partial charge in [0.15, 0.2) is 0 Å². The molecule has 1 aromatic heterocycles. The molecule has 0 bridgehead atoms. The first-order chi connectivity index (χ1) is 14.7. The van der Waals surface area contributed by atoms with Crippen molar-refractivity contribution in [2.45, 2.75) is 19.3 Å². The van der Waals surface area contributed by atoms with Gasteiger partial charge >= 0.3 is 0 Å². The van der Waals surface area contributed by atoms with Crippen LogP contribution in [0.5, 0.6) is 0 Å². The summed E-state index contributed by atoms with van der Waals surface area (Å²) >= 11 is 0. The normalized spacial score (nSPS) is 13.4. The molecule has 0 saturated carbocycles. The standard InChI is InChI=1S/C23H22N6O/c24-14-17-5-4-6-19(13-17)28-23(30)21-15-26-22(16-25-21)27-18-7-9-20(10-8-18)29-11-2-1-3-12-29/h4-10,13,15-16H,1-3,11-12H2,(H,26,27)(H,28,30). The minimum absolute atomic E-state index is 0.198. The molecule has 0 spiro atoms. The van der Waals surface area contributed by atoms with E-state index in [1.807, 2.05) is 18.2 Å². The molecule has 150 valence electrons. The average Bonchev–Trinajstić information content (AvgIpc) is 2.81. The Bertz CT molecular complexity index is 1050. The van der Waals surface area contributed by atoms with Crippen LogP contribution in [0.3, 0.4) is 0 Å². The van der Waals surface area contributed by atoms with Crippen LogP contribution in [0.25, 0.3) is 0 Å². The first-order valence-corrected chi connectivity index (χ1v) is 9.97. The number of piperidine rings is 1. The molecule has 1 fully saturated rings. The molecule has 2 aromatic carbocycles. The number of carbonyl (C=O) groups is 1. The van der Waals surface area contributed by atoms with Crippen LogP contribution in [0.1, 0.15) is 35.3 Å². The van der Waals surface area contributed by atoms with Crippen LogP contribution < -0.4 is 15.5 Å². The van der Waals surface area contributed by atoms with E-state index < -0.39 is 0 Å². The van der Waals surface area contributed by atoms with Gasteiger partial charge < -0.3 is 15.5 Å². The van der Waals surface area contributed by atoms with Gasteiger partial charge in [0.1, 0.15) is 11.5 Å². The van der Waals surface area contributed by atoms with Gasteiger partial charge in [0.05, 0.1) is 24.0 Å². The summed E-state index contributed by atoms with van der Waals surface area (Å²) in [5.74, 6) is 0.179. The van der Waals surface area contributed by atoms with Gasteiger partial charge in [-0.1, -0.05) is 6.07 Å². The predicted octanol–water partition coefficient (Wildman–Crippen LogP) is 4.33. The lowest BCUT2D eigenvalue weighted by Crippen LogP contribution is -2.29. The lowest BCUT2D eigenvalue weighted by molar-refractivity contribution is 0.102. The third kappa shape index (κ3) is 4.73. The molecule has 0 aliphatic carbocycles. The zero-order valence-corrected chi connectivity index (χ0v) is 16.5. The number of rotatable bonds is 5. The number of nitrogens with one attached hydrogen (secondary N) is 2. The molecule has 0 unspecified atom stereocenters. The van der Waals surface area contributed by atoms with Gasteiger partial charge in [-0.3, -0.25) is 4.79 Å². The molecule has 30 heavy (non-hydrogen) atoms. The Kier molecular flexibility index (Phi) is 5.85. The lowest BCUT2D eigenvalue weighted by atomic mass is 10.1. The molecule has 2 N–H and O–H groups in total. The van der Waals surface area contributed by atoms with Crippen LogP contribution in [0.15, 0.2) is 60.9 Å². The third-order valence-corrected chi connectivity index (χ3v) is 4.99. The second-order valence-electron chi connectivity index (χ2n) is 7.15. The SMILES string of the molecule is N#Cc1cccc(NC(=O)c2cnc(Nc3ccc(N4CCCCC4)cc3)cn2)c1. The summed E-state index contributed by atoms with van der Waals surface area (Å²) in [5, 5.41) is 14.9. The van der Waals surface area contributed by atoms with Crippen molar-refractivity contribution in [2.75, 3.05) is 28.6 Å². The fourth-order valence-electron chi connectivity index (χ4n) is 3.43. The third-order valence-electron chi connectivity index (χ3n) is 4.99. The zero-order valence-electron chi connectivity index (χ0n) is 16.5. The van der Waals surface area contributed by atoms with Gasteiger partial charge in [0.2, 0.25) is 0 Å². The van der Waals surface area contributed by atoms with Crippen molar-refractivity contribution in [3.8, 4) is 6.07 Å². The van der Waals surface area contributed by atoms with E-state index in [0.717, 1.165) is 18.8 Å². The molecule has 0 atom stereocenters. The predicted molar refractivity (Wildman–Crippen MR) is 117 cm³/mol. The second-order valence-corrected chi connectivity index (χ2v) is 7.15. The summed E-state index contributed by atoms with van der Waals surface area (Å²) in [7, 11) is 0. The maximum atomic E-state index is 12.3. The maximum absolute atomic E-state index is 12.3. The van der Waals surface area contributed by atoms with E-state index in [4.69, 9.17) is 5.26 Å². The monoisotopic (exact) mass is 398 g/mol. The van der Waals surface area contributed by atoms with Gasteiger partial charge in [-0.05, 0) is 61.7 Å². The Labute approximate surface area is 175 Å². The van der Waals surface area contributed by atoms with E-state index >= 15 is 0 Å². The van der Waals surface area contributed by atoms with E-state index in [0.29, 0.717) is 17.1 Å². The number of aromatic nitrogens is 2. The van der Waals surface area contributed by atoms with Crippen LogP contribution >= 0.6 is 0 Å². The van der Waals surface area contributed by atoms with Gasteiger partial charge in [-0.2, -0.15) is 5.26 Å². The largest absolute Gasteiger partial charge is 0.372 e. The average molecular weight is 398 g/mol. The molecule has 1 saturated heterocycles. The quantitative estimate of drug-likeness (QED) is 0.664. The summed E-state index contributed by atoms with van der Waals surface area (Å²) in [5.41, 5.74) is 3.36. The highest BCUT2D eigenvalue weighted by Gasteiger charge is 2.11. The number of amides is 1. The van der Waals surface area contributed by atoms with Crippen LogP contribution in [-0.4, -0.2) is 29.0 Å². The van der Waals surface area contributed by atoms with E-state index in [1.54, 1.807) is 24.3 Å². The van der Waals surface area contributed by atoms with Crippen LogP contribution in [-0.2, 0) is 0 Å². The summed E-state index contributed by atoms with van der Waals surface area (Å²) in [6, 6.07) is 17.0. The van der Waals surface area contributed by atoms with E-state index in [9.17, 15) is 4.79 Å². The Balaban J connectivity index is 1.37. The molecule has 2 heterocycles. The number of nitriles is 1. The number of hydrogen-bond donors (Lipinski definition) is 2.